The number of benzene rings is 1. The second-order valence-electron chi connectivity index (χ2n) is 9.84. The predicted molar refractivity (Wildman–Crippen MR) is 122 cm³/mol. The molecule has 8 heteroatoms. The summed E-state index contributed by atoms with van der Waals surface area (Å²) in [4.78, 5) is 25.8. The van der Waals surface area contributed by atoms with Crippen molar-refractivity contribution in [2.24, 2.45) is 5.41 Å². The Hall–Kier alpha value is -3.16. The normalized spacial score (nSPS) is 21.5. The zero-order chi connectivity index (χ0) is 21.9. The van der Waals surface area contributed by atoms with E-state index in [2.05, 4.69) is 32.0 Å². The average Bonchev–Trinajstić information content (AvgIpc) is 3.28. The zero-order valence-corrected chi connectivity index (χ0v) is 18.6. The van der Waals surface area contributed by atoms with Crippen LogP contribution in [0.1, 0.15) is 39.0 Å². The van der Waals surface area contributed by atoms with Crippen LogP contribution in [0.5, 0.6) is 5.75 Å². The molecule has 4 heterocycles. The number of aromatic amines is 1. The molecule has 3 aromatic rings. The number of nitrogens with one attached hydrogen (secondary N) is 1. The van der Waals surface area contributed by atoms with E-state index >= 15 is 0 Å². The monoisotopic (exact) mass is 432 g/mol. The highest BCUT2D eigenvalue weighted by Crippen LogP contribution is 2.42. The molecule has 0 radical (unpaired) electrons. The summed E-state index contributed by atoms with van der Waals surface area (Å²) in [7, 11) is 1.91. The van der Waals surface area contributed by atoms with Crippen LogP contribution in [-0.4, -0.2) is 63.3 Å². The van der Waals surface area contributed by atoms with Gasteiger partial charge >= 0.3 is 0 Å². The van der Waals surface area contributed by atoms with Gasteiger partial charge in [-0.25, -0.2) is 9.97 Å². The molecule has 0 unspecified atom stereocenters. The van der Waals surface area contributed by atoms with E-state index in [1.165, 1.54) is 0 Å². The number of piperidine rings is 1. The number of fused-ring (bicyclic) bond motifs is 1. The van der Waals surface area contributed by atoms with Crippen molar-refractivity contribution in [3.8, 4) is 17.1 Å². The zero-order valence-electron chi connectivity index (χ0n) is 18.6. The maximum atomic E-state index is 12.6. The van der Waals surface area contributed by atoms with Gasteiger partial charge in [-0.2, -0.15) is 5.10 Å². The Balaban J connectivity index is 1.25. The van der Waals surface area contributed by atoms with Crippen molar-refractivity contribution in [1.29, 1.82) is 0 Å². The highest BCUT2D eigenvalue weighted by Gasteiger charge is 2.47. The van der Waals surface area contributed by atoms with Crippen molar-refractivity contribution in [2.75, 3.05) is 31.6 Å². The fourth-order valence-electron chi connectivity index (χ4n) is 5.09. The Labute approximate surface area is 187 Å². The third kappa shape index (κ3) is 3.20. The number of H-pyrrole nitrogens is 1. The second kappa shape index (κ2) is 6.92. The molecule has 8 nitrogen and oxygen atoms in total. The number of anilines is 1. The van der Waals surface area contributed by atoms with E-state index in [-0.39, 0.29) is 11.0 Å². The van der Waals surface area contributed by atoms with Crippen LogP contribution in [0.3, 0.4) is 0 Å². The van der Waals surface area contributed by atoms with Crippen molar-refractivity contribution >= 4 is 22.6 Å². The number of likely N-dealkylation sites (tertiary alicyclic amines) is 1. The fourth-order valence-corrected chi connectivity index (χ4v) is 5.09. The minimum Gasteiger partial charge on any atom is -0.488 e. The summed E-state index contributed by atoms with van der Waals surface area (Å²) in [6.45, 7) is 4.67. The fraction of sp³-hybridized carbons (Fsp3) is 0.500. The number of hydrogen-bond acceptors (Lipinski definition) is 6. The lowest BCUT2D eigenvalue weighted by Crippen LogP contribution is -2.44. The summed E-state index contributed by atoms with van der Waals surface area (Å²) in [5, 5.41) is 8.65. The first-order valence-corrected chi connectivity index (χ1v) is 11.4. The summed E-state index contributed by atoms with van der Waals surface area (Å²) < 4.78 is 6.15. The largest absolute Gasteiger partial charge is 0.488 e. The molecule has 2 aliphatic heterocycles. The highest BCUT2D eigenvalue weighted by molar-refractivity contribution is 5.93. The average molecular weight is 433 g/mol. The van der Waals surface area contributed by atoms with Crippen molar-refractivity contribution in [2.45, 2.75) is 44.6 Å². The van der Waals surface area contributed by atoms with Gasteiger partial charge in [-0.3, -0.25) is 9.89 Å². The summed E-state index contributed by atoms with van der Waals surface area (Å²) in [5.74, 6) is 2.06. The number of amides is 1. The molecule has 3 aliphatic rings. The van der Waals surface area contributed by atoms with Crippen LogP contribution >= 0.6 is 0 Å². The molecule has 3 fully saturated rings. The summed E-state index contributed by atoms with van der Waals surface area (Å²) in [5.41, 5.74) is 2.34. The number of rotatable bonds is 4. The Morgan fingerprint density at radius 2 is 1.81 bits per heavy atom. The number of aromatic nitrogens is 4. The topological polar surface area (TPSA) is 87.2 Å². The maximum Gasteiger partial charge on any atom is 0.228 e. The van der Waals surface area contributed by atoms with E-state index in [1.807, 2.05) is 36.2 Å². The summed E-state index contributed by atoms with van der Waals surface area (Å²) >= 11 is 0. The van der Waals surface area contributed by atoms with E-state index in [0.29, 0.717) is 5.91 Å². The number of carbonyl (C=O) groups excluding carboxylic acids is 1. The lowest BCUT2D eigenvalue weighted by Gasteiger charge is -2.38. The van der Waals surface area contributed by atoms with Crippen LogP contribution in [0.4, 0.5) is 5.82 Å². The number of nitrogens with zero attached hydrogens (tertiary/aromatic N) is 5. The van der Waals surface area contributed by atoms with Crippen molar-refractivity contribution in [1.82, 2.24) is 25.1 Å². The molecule has 1 aromatic carbocycles. The first kappa shape index (κ1) is 19.5. The van der Waals surface area contributed by atoms with Gasteiger partial charge in [-0.05, 0) is 57.2 Å². The summed E-state index contributed by atoms with van der Waals surface area (Å²) in [6.07, 6.45) is 6.51. The van der Waals surface area contributed by atoms with E-state index in [1.54, 1.807) is 6.33 Å². The first-order chi connectivity index (χ1) is 15.4. The van der Waals surface area contributed by atoms with Crippen molar-refractivity contribution in [3.05, 3.63) is 30.6 Å². The van der Waals surface area contributed by atoms with Gasteiger partial charge in [0.05, 0.1) is 16.6 Å². The molecule has 0 atom stereocenters. The summed E-state index contributed by atoms with van der Waals surface area (Å²) in [6, 6.07) is 8.05. The minimum atomic E-state index is -0.173. The number of carbonyl (C=O) groups is 1. The first-order valence-electron chi connectivity index (χ1n) is 11.4. The van der Waals surface area contributed by atoms with Crippen LogP contribution in [0.25, 0.3) is 22.3 Å². The molecule has 166 valence electrons. The molecule has 1 spiro atoms. The Bertz CT molecular complexity index is 1190. The SMILES string of the molecule is CN1CCC2(CCN(c3cc(-c4n[nH]c5ccc(OC6(C)CC6)cc45)ncn3)CC2)C1=O. The van der Waals surface area contributed by atoms with E-state index in [4.69, 9.17) is 4.74 Å². The van der Waals surface area contributed by atoms with E-state index < -0.39 is 0 Å². The van der Waals surface area contributed by atoms with Crippen LogP contribution in [0.15, 0.2) is 30.6 Å². The molecule has 6 rings (SSSR count). The molecule has 1 aliphatic carbocycles. The Morgan fingerprint density at radius 3 is 2.53 bits per heavy atom. The minimum absolute atomic E-state index is 0.0270. The van der Waals surface area contributed by atoms with Crippen LogP contribution in [0, 0.1) is 5.41 Å². The molecule has 2 saturated heterocycles. The Kier molecular flexibility index (Phi) is 4.22. The second-order valence-corrected chi connectivity index (χ2v) is 9.84. The molecule has 1 saturated carbocycles. The smallest absolute Gasteiger partial charge is 0.228 e. The molecule has 2 aromatic heterocycles. The number of hydrogen-bond donors (Lipinski definition) is 1. The van der Waals surface area contributed by atoms with Gasteiger partial charge in [0.15, 0.2) is 0 Å². The van der Waals surface area contributed by atoms with Gasteiger partial charge < -0.3 is 14.5 Å². The van der Waals surface area contributed by atoms with Gasteiger partial charge in [0.1, 0.15) is 29.2 Å². The van der Waals surface area contributed by atoms with Gasteiger partial charge in [0, 0.05) is 38.1 Å². The molecular weight excluding hydrogens is 404 g/mol. The molecule has 32 heavy (non-hydrogen) atoms. The quantitative estimate of drug-likeness (QED) is 0.680. The van der Waals surface area contributed by atoms with E-state index in [0.717, 1.165) is 85.6 Å². The molecule has 0 bridgehead atoms. The predicted octanol–water partition coefficient (Wildman–Crippen LogP) is 3.40. The van der Waals surface area contributed by atoms with Crippen molar-refractivity contribution < 1.29 is 9.53 Å². The number of ether oxygens (including phenoxy) is 1. The van der Waals surface area contributed by atoms with Gasteiger partial charge in [-0.15, -0.1) is 0 Å². The molecule has 1 N–H and O–H groups in total. The van der Waals surface area contributed by atoms with Gasteiger partial charge in [0.25, 0.3) is 0 Å². The molecule has 1 amide bonds. The van der Waals surface area contributed by atoms with Crippen LogP contribution in [-0.2, 0) is 4.79 Å². The standard InChI is InChI=1S/C24H28N6O2/c1-23(5-6-23)32-16-3-4-18-17(13-16)21(28-27-18)19-14-20(26-15-25-19)30-11-8-24(9-12-30)7-10-29(2)22(24)31/h3-4,13-15H,5-12H2,1-2H3,(H,27,28). The van der Waals surface area contributed by atoms with Gasteiger partial charge in [0.2, 0.25) is 5.91 Å². The lowest BCUT2D eigenvalue weighted by atomic mass is 9.77. The van der Waals surface area contributed by atoms with Crippen LogP contribution in [0.2, 0.25) is 0 Å². The van der Waals surface area contributed by atoms with Gasteiger partial charge in [-0.1, -0.05) is 0 Å². The third-order valence-corrected chi connectivity index (χ3v) is 7.52. The van der Waals surface area contributed by atoms with Crippen LogP contribution < -0.4 is 9.64 Å². The van der Waals surface area contributed by atoms with Crippen molar-refractivity contribution in [3.63, 3.8) is 0 Å². The lowest BCUT2D eigenvalue weighted by molar-refractivity contribution is -0.135. The Morgan fingerprint density at radius 1 is 1.03 bits per heavy atom. The third-order valence-electron chi connectivity index (χ3n) is 7.52. The van der Waals surface area contributed by atoms with E-state index in [9.17, 15) is 4.79 Å². The molecular formula is C24H28N6O2. The maximum absolute atomic E-state index is 12.6. The highest BCUT2D eigenvalue weighted by atomic mass is 16.5.